The van der Waals surface area contributed by atoms with Crippen LogP contribution in [-0.2, 0) is 22.9 Å². The number of anilines is 1. The number of fused-ring (bicyclic) bond motifs is 2. The molecule has 12 heteroatoms. The Bertz CT molecular complexity index is 1340. The number of piperazine rings is 1. The summed E-state index contributed by atoms with van der Waals surface area (Å²) in [5.74, 6) is 1.73. The molecule has 0 atom stereocenters. The average molecular weight is 514 g/mol. The van der Waals surface area contributed by atoms with E-state index in [-0.39, 0.29) is 0 Å². The largest absolute Gasteiger partial charge is 0.378 e. The number of hydrogen-bond donors (Lipinski definition) is 1. The Morgan fingerprint density at radius 3 is 2.57 bits per heavy atom. The van der Waals surface area contributed by atoms with Crippen molar-refractivity contribution in [2.75, 3.05) is 64.4 Å². The molecule has 6 rings (SSSR count). The Hall–Kier alpha value is -2.77. The number of H-pyrrole nitrogens is 1. The fraction of sp³-hybridized carbons (Fsp3) is 0.435. The van der Waals surface area contributed by atoms with E-state index in [0.29, 0.717) is 0 Å². The Balaban J connectivity index is 0.000000806. The lowest BCUT2D eigenvalue weighted by molar-refractivity contribution is 0.122. The molecule has 1 N–H and O–H groups in total. The smallest absolute Gasteiger partial charge is 0.335 e. The van der Waals surface area contributed by atoms with Gasteiger partial charge in [0.05, 0.1) is 19.8 Å². The highest BCUT2D eigenvalue weighted by Gasteiger charge is 2.22. The zero-order valence-corrected chi connectivity index (χ0v) is 21.1. The number of aromatic amines is 1. The van der Waals surface area contributed by atoms with Crippen molar-refractivity contribution in [3.05, 3.63) is 35.5 Å². The third-order valence-corrected chi connectivity index (χ3v) is 7.38. The van der Waals surface area contributed by atoms with E-state index in [0.717, 1.165) is 102 Å². The molecule has 0 radical (unpaired) electrons. The molecule has 35 heavy (non-hydrogen) atoms. The van der Waals surface area contributed by atoms with Crippen LogP contribution in [0.3, 0.4) is 0 Å². The standard InChI is InChI=1S/C23H27N7OS.O2S/c1-28-6-8-29(9-7-28)15-19-25-22-20(32-19)23(30-10-12-31-13-11-30)27-21(26-22)17-2-3-18-16(14-17)4-5-24-18;1-3-2/h2-5,14,24H,6-13,15H2,1H3;. The molecule has 2 fully saturated rings. The highest BCUT2D eigenvalue weighted by Crippen LogP contribution is 2.33. The van der Waals surface area contributed by atoms with Gasteiger partial charge in [-0.2, -0.15) is 8.42 Å². The summed E-state index contributed by atoms with van der Waals surface area (Å²) in [6.07, 6.45) is 1.96. The number of hydrogen-bond acceptors (Lipinski definition) is 10. The molecule has 2 aliphatic heterocycles. The van der Waals surface area contributed by atoms with E-state index < -0.39 is 11.6 Å². The summed E-state index contributed by atoms with van der Waals surface area (Å²) >= 11 is 0.991. The maximum atomic E-state index is 8.29. The van der Waals surface area contributed by atoms with Gasteiger partial charge in [0.2, 0.25) is 0 Å². The molecule has 0 amide bonds. The minimum absolute atomic E-state index is 0.725. The van der Waals surface area contributed by atoms with Crippen molar-refractivity contribution in [3.63, 3.8) is 0 Å². The topological polar surface area (TPSA) is 108 Å². The molecular weight excluding hydrogens is 486 g/mol. The summed E-state index contributed by atoms with van der Waals surface area (Å²) in [6.45, 7) is 8.38. The van der Waals surface area contributed by atoms with Crippen LogP contribution in [-0.4, -0.2) is 97.7 Å². The molecule has 0 bridgehead atoms. The van der Waals surface area contributed by atoms with Crippen molar-refractivity contribution in [3.8, 4) is 11.4 Å². The molecular formula is C23H27N7O3S2. The van der Waals surface area contributed by atoms with Gasteiger partial charge in [0, 0.05) is 61.9 Å². The molecule has 2 saturated heterocycles. The second-order valence-corrected chi connectivity index (χ2v) is 9.88. The summed E-state index contributed by atoms with van der Waals surface area (Å²) in [5, 5.41) is 2.28. The number of ether oxygens (including phenoxy) is 1. The van der Waals surface area contributed by atoms with E-state index in [1.807, 2.05) is 6.20 Å². The van der Waals surface area contributed by atoms with E-state index in [4.69, 9.17) is 28.1 Å². The number of thiazole rings is 1. The predicted octanol–water partition coefficient (Wildman–Crippen LogP) is 2.15. The predicted molar refractivity (Wildman–Crippen MR) is 137 cm³/mol. The number of rotatable bonds is 4. The van der Waals surface area contributed by atoms with Gasteiger partial charge in [0.15, 0.2) is 17.3 Å². The van der Waals surface area contributed by atoms with E-state index in [1.54, 1.807) is 11.3 Å². The Labute approximate surface area is 210 Å². The third-order valence-electron chi connectivity index (χ3n) is 6.36. The van der Waals surface area contributed by atoms with Crippen molar-refractivity contribution in [1.29, 1.82) is 0 Å². The molecule has 0 unspecified atom stereocenters. The molecule has 184 valence electrons. The van der Waals surface area contributed by atoms with E-state index in [9.17, 15) is 0 Å². The summed E-state index contributed by atoms with van der Waals surface area (Å²) in [6, 6.07) is 8.40. The van der Waals surface area contributed by atoms with Crippen molar-refractivity contribution < 1.29 is 13.2 Å². The highest BCUT2D eigenvalue weighted by atomic mass is 32.1. The van der Waals surface area contributed by atoms with Crippen LogP contribution in [0.1, 0.15) is 5.01 Å². The number of benzene rings is 1. The number of likely N-dealkylation sites (N-methyl/N-ethyl adjacent to an activating group) is 1. The first-order valence-corrected chi connectivity index (χ1v) is 13.0. The first-order valence-electron chi connectivity index (χ1n) is 11.5. The quantitative estimate of drug-likeness (QED) is 0.439. The van der Waals surface area contributed by atoms with Crippen molar-refractivity contribution in [2.24, 2.45) is 0 Å². The van der Waals surface area contributed by atoms with Gasteiger partial charge in [-0.25, -0.2) is 15.0 Å². The molecule has 0 spiro atoms. The Kier molecular flexibility index (Phi) is 7.44. The van der Waals surface area contributed by atoms with Crippen LogP contribution in [0.15, 0.2) is 30.5 Å². The van der Waals surface area contributed by atoms with Gasteiger partial charge in [-0.15, -0.1) is 11.3 Å². The van der Waals surface area contributed by atoms with Crippen LogP contribution >= 0.6 is 11.3 Å². The first kappa shape index (κ1) is 23.9. The SMILES string of the molecule is CN1CCN(Cc2nc3nc(-c4ccc5[nH]ccc5c4)nc(N4CCOCC4)c3s2)CC1.O=S=O. The minimum atomic E-state index is -0.750. The lowest BCUT2D eigenvalue weighted by Gasteiger charge is -2.31. The molecule has 1 aromatic carbocycles. The second-order valence-electron chi connectivity index (χ2n) is 8.66. The monoisotopic (exact) mass is 513 g/mol. The fourth-order valence-corrected chi connectivity index (χ4v) is 5.49. The molecule has 0 saturated carbocycles. The van der Waals surface area contributed by atoms with Gasteiger partial charge in [-0.05, 0) is 31.3 Å². The maximum Gasteiger partial charge on any atom is 0.335 e. The summed E-state index contributed by atoms with van der Waals surface area (Å²) in [4.78, 5) is 25.4. The van der Waals surface area contributed by atoms with Crippen LogP contribution in [0.2, 0.25) is 0 Å². The van der Waals surface area contributed by atoms with Crippen LogP contribution in [0.25, 0.3) is 32.6 Å². The minimum Gasteiger partial charge on any atom is -0.378 e. The van der Waals surface area contributed by atoms with E-state index >= 15 is 0 Å². The lowest BCUT2D eigenvalue weighted by Crippen LogP contribution is -2.43. The fourth-order valence-electron chi connectivity index (χ4n) is 4.43. The molecule has 0 aliphatic carbocycles. The van der Waals surface area contributed by atoms with E-state index in [2.05, 4.69) is 51.0 Å². The summed E-state index contributed by atoms with van der Waals surface area (Å²) < 4.78 is 23.3. The maximum absolute atomic E-state index is 8.29. The van der Waals surface area contributed by atoms with Crippen LogP contribution in [0, 0.1) is 0 Å². The molecule has 5 heterocycles. The average Bonchev–Trinajstić information content (AvgIpc) is 3.52. The van der Waals surface area contributed by atoms with Gasteiger partial charge in [-0.1, -0.05) is 0 Å². The van der Waals surface area contributed by atoms with Gasteiger partial charge in [0.25, 0.3) is 0 Å². The van der Waals surface area contributed by atoms with Gasteiger partial charge < -0.3 is 19.5 Å². The normalized spacial score (nSPS) is 17.5. The molecule has 4 aromatic rings. The number of morpholine rings is 1. The lowest BCUT2D eigenvalue weighted by atomic mass is 10.1. The summed E-state index contributed by atoms with van der Waals surface area (Å²) in [7, 11) is 2.19. The van der Waals surface area contributed by atoms with Crippen molar-refractivity contribution in [1.82, 2.24) is 29.7 Å². The first-order chi connectivity index (χ1) is 17.1. The van der Waals surface area contributed by atoms with Gasteiger partial charge in [0.1, 0.15) is 9.71 Å². The Morgan fingerprint density at radius 2 is 1.80 bits per heavy atom. The summed E-state index contributed by atoms with van der Waals surface area (Å²) in [5.41, 5.74) is 2.94. The molecule has 10 nitrogen and oxygen atoms in total. The van der Waals surface area contributed by atoms with Crippen molar-refractivity contribution >= 4 is 50.0 Å². The number of nitrogens with zero attached hydrogens (tertiary/aromatic N) is 6. The number of nitrogens with one attached hydrogen (secondary N) is 1. The van der Waals surface area contributed by atoms with Crippen molar-refractivity contribution in [2.45, 2.75) is 6.54 Å². The second kappa shape index (κ2) is 10.9. The highest BCUT2D eigenvalue weighted by molar-refractivity contribution is 7.51. The van der Waals surface area contributed by atoms with E-state index in [1.165, 1.54) is 0 Å². The molecule has 3 aromatic heterocycles. The zero-order chi connectivity index (χ0) is 24.2. The van der Waals surface area contributed by atoms with Crippen LogP contribution in [0.4, 0.5) is 5.82 Å². The zero-order valence-electron chi connectivity index (χ0n) is 19.5. The molecule has 2 aliphatic rings. The van der Waals surface area contributed by atoms with Gasteiger partial charge in [-0.3, -0.25) is 4.90 Å². The van der Waals surface area contributed by atoms with Crippen LogP contribution in [0.5, 0.6) is 0 Å². The Morgan fingerprint density at radius 1 is 1.03 bits per heavy atom. The van der Waals surface area contributed by atoms with Crippen LogP contribution < -0.4 is 4.90 Å². The number of aromatic nitrogens is 4. The van der Waals surface area contributed by atoms with Gasteiger partial charge >= 0.3 is 11.6 Å². The third kappa shape index (κ3) is 5.41.